The lowest BCUT2D eigenvalue weighted by Crippen LogP contribution is -2.29. The van der Waals surface area contributed by atoms with Crippen molar-refractivity contribution in [2.24, 2.45) is 0 Å². The normalized spacial score (nSPS) is 10.9. The molecular weight excluding hydrogens is 486 g/mol. The van der Waals surface area contributed by atoms with Gasteiger partial charge in [0.25, 0.3) is 5.69 Å². The average molecular weight is 497 g/mol. The van der Waals surface area contributed by atoms with Crippen molar-refractivity contribution in [2.45, 2.75) is 6.54 Å². The Hall–Kier alpha value is -2.79. The van der Waals surface area contributed by atoms with Crippen LogP contribution in [0.25, 0.3) is 22.1 Å². The molecule has 2 aromatic heterocycles. The van der Waals surface area contributed by atoms with Crippen LogP contribution in [0.2, 0.25) is 0 Å². The molecule has 0 saturated carbocycles. The van der Waals surface area contributed by atoms with Crippen LogP contribution in [-0.2, 0) is 6.54 Å². The summed E-state index contributed by atoms with van der Waals surface area (Å²) in [5.41, 5.74) is 1.40. The maximum atomic E-state index is 11.7. The average Bonchev–Trinajstić information content (AvgIpc) is 2.99. The minimum absolute atomic E-state index is 0. The van der Waals surface area contributed by atoms with Crippen LogP contribution in [0.4, 0.5) is 5.69 Å². The quantitative estimate of drug-likeness (QED) is 0.256. The molecule has 0 atom stereocenters. The first-order valence-corrected chi connectivity index (χ1v) is 8.26. The summed E-state index contributed by atoms with van der Waals surface area (Å²) in [4.78, 5) is 43.2. The summed E-state index contributed by atoms with van der Waals surface area (Å²) < 4.78 is 2.46. The van der Waals surface area contributed by atoms with E-state index in [4.69, 9.17) is 0 Å². The molecule has 0 aliphatic rings. The van der Waals surface area contributed by atoms with Gasteiger partial charge in [0.1, 0.15) is 0 Å². The second kappa shape index (κ2) is 7.08. The van der Waals surface area contributed by atoms with Gasteiger partial charge in [0.15, 0.2) is 0 Å². The number of nitrogens with one attached hydrogen (secondary N) is 2. The third kappa shape index (κ3) is 3.43. The van der Waals surface area contributed by atoms with E-state index in [-0.39, 0.29) is 22.7 Å². The third-order valence-electron chi connectivity index (χ3n) is 4.03. The predicted octanol–water partition coefficient (Wildman–Crippen LogP) is 2.86. The Bertz CT molecular complexity index is 1310. The topological polar surface area (TPSA) is 127 Å². The molecule has 9 nitrogen and oxygen atoms in total. The van der Waals surface area contributed by atoms with Crippen LogP contribution >= 0.6 is 32.9 Å². The second-order valence-electron chi connectivity index (χ2n) is 5.70. The summed E-state index contributed by atoms with van der Waals surface area (Å²) in [6, 6.07) is 7.93. The van der Waals surface area contributed by atoms with E-state index in [0.717, 1.165) is 4.47 Å². The van der Waals surface area contributed by atoms with Gasteiger partial charge in [-0.1, -0.05) is 15.9 Å². The van der Waals surface area contributed by atoms with Crippen LogP contribution < -0.4 is 11.1 Å². The lowest BCUT2D eigenvalue weighted by Gasteiger charge is -2.09. The van der Waals surface area contributed by atoms with Crippen LogP contribution in [0.5, 0.6) is 0 Å². The van der Waals surface area contributed by atoms with Gasteiger partial charge in [-0.25, -0.2) is 4.98 Å². The molecule has 2 heterocycles. The van der Waals surface area contributed by atoms with Crippen molar-refractivity contribution in [1.82, 2.24) is 19.5 Å². The lowest BCUT2D eigenvalue weighted by atomic mass is 10.1. The van der Waals surface area contributed by atoms with Crippen molar-refractivity contribution in [1.29, 1.82) is 0 Å². The Labute approximate surface area is 169 Å². The number of halogens is 2. The first-order valence-electron chi connectivity index (χ1n) is 7.46. The number of non-ortho nitro benzene ring substituents is 1. The molecule has 4 aromatic rings. The summed E-state index contributed by atoms with van der Waals surface area (Å²) in [7, 11) is 0. The molecule has 138 valence electrons. The molecule has 0 unspecified atom stereocenters. The molecule has 2 aromatic carbocycles. The van der Waals surface area contributed by atoms with Crippen molar-refractivity contribution in [3.05, 3.63) is 77.5 Å². The number of imidazole rings is 1. The number of nitrogens with zero attached hydrogens (tertiary/aromatic N) is 3. The van der Waals surface area contributed by atoms with Crippen LogP contribution in [0.3, 0.4) is 0 Å². The Kier molecular flexibility index (Phi) is 4.98. The highest BCUT2D eigenvalue weighted by atomic mass is 79.9. The molecule has 27 heavy (non-hydrogen) atoms. The molecule has 0 radical (unpaired) electrons. The van der Waals surface area contributed by atoms with Gasteiger partial charge in [0, 0.05) is 16.6 Å². The van der Waals surface area contributed by atoms with E-state index in [2.05, 4.69) is 30.9 Å². The highest BCUT2D eigenvalue weighted by Gasteiger charge is 2.13. The van der Waals surface area contributed by atoms with E-state index in [1.807, 2.05) is 0 Å². The van der Waals surface area contributed by atoms with Gasteiger partial charge in [-0.05, 0) is 23.8 Å². The molecule has 2 N–H and O–H groups in total. The van der Waals surface area contributed by atoms with E-state index in [9.17, 15) is 19.7 Å². The second-order valence-corrected chi connectivity index (χ2v) is 6.61. The maximum Gasteiger partial charge on any atom is 0.314 e. The number of nitro groups is 1. The first-order chi connectivity index (χ1) is 12.4. The molecule has 0 saturated heterocycles. The van der Waals surface area contributed by atoms with E-state index in [1.54, 1.807) is 29.1 Å². The number of fused-ring (bicyclic) bond motifs is 2. The number of aromatic amines is 2. The van der Waals surface area contributed by atoms with Crippen molar-refractivity contribution in [3.63, 3.8) is 0 Å². The van der Waals surface area contributed by atoms with Gasteiger partial charge in [-0.15, -0.1) is 17.0 Å². The van der Waals surface area contributed by atoms with Crippen LogP contribution in [-0.4, -0.2) is 24.4 Å². The van der Waals surface area contributed by atoms with Crippen molar-refractivity contribution < 1.29 is 4.92 Å². The van der Waals surface area contributed by atoms with E-state index >= 15 is 0 Å². The fourth-order valence-electron chi connectivity index (χ4n) is 2.85. The smallest absolute Gasteiger partial charge is 0.314 e. The van der Waals surface area contributed by atoms with Crippen LogP contribution in [0, 0.1) is 10.1 Å². The third-order valence-corrected chi connectivity index (χ3v) is 4.49. The highest BCUT2D eigenvalue weighted by molar-refractivity contribution is 9.10. The zero-order valence-electron chi connectivity index (χ0n) is 13.4. The Morgan fingerprint density at radius 1 is 1.15 bits per heavy atom. The van der Waals surface area contributed by atoms with Gasteiger partial charge in [0.2, 0.25) is 0 Å². The van der Waals surface area contributed by atoms with Crippen LogP contribution in [0.15, 0.2) is 50.7 Å². The van der Waals surface area contributed by atoms with Gasteiger partial charge < -0.3 is 14.5 Å². The molecule has 4 rings (SSSR count). The predicted molar refractivity (Wildman–Crippen MR) is 109 cm³/mol. The molecule has 0 amide bonds. The van der Waals surface area contributed by atoms with E-state index in [0.29, 0.717) is 34.2 Å². The Morgan fingerprint density at radius 2 is 1.89 bits per heavy atom. The highest BCUT2D eigenvalue weighted by Crippen LogP contribution is 2.24. The van der Waals surface area contributed by atoms with Crippen molar-refractivity contribution in [2.75, 3.05) is 0 Å². The molecular formula is C16H11Br2N5O4. The molecule has 0 spiro atoms. The first kappa shape index (κ1) is 19.0. The maximum absolute atomic E-state index is 11.7. The molecule has 0 aliphatic carbocycles. The summed E-state index contributed by atoms with van der Waals surface area (Å²) in [6.07, 6.45) is 1.57. The zero-order valence-corrected chi connectivity index (χ0v) is 16.7. The van der Waals surface area contributed by atoms with Gasteiger partial charge in [-0.2, -0.15) is 0 Å². The summed E-state index contributed by atoms with van der Waals surface area (Å²) >= 11 is 3.38. The fourth-order valence-corrected chi connectivity index (χ4v) is 3.36. The number of nitro benzene ring substituents is 1. The standard InChI is InChI=1S/C16H10BrN5O4.BrH/c17-9-3-8(14-12(4-9)19-15(23)16(24)20-14)6-21-7-18-11-2-1-10(22(25)26)5-13(11)21;/h1-5,7H,6H2,(H,19,23)(H,20,24);1H. The monoisotopic (exact) mass is 495 g/mol. The van der Waals surface area contributed by atoms with Crippen molar-refractivity contribution in [3.8, 4) is 0 Å². The molecule has 0 aliphatic heterocycles. The minimum Gasteiger partial charge on any atom is -0.326 e. The number of rotatable bonds is 3. The Balaban J connectivity index is 0.00000210. The number of hydrogen-bond acceptors (Lipinski definition) is 5. The number of H-pyrrole nitrogens is 2. The molecule has 0 bridgehead atoms. The summed E-state index contributed by atoms with van der Waals surface area (Å²) in [6.45, 7) is 0.301. The number of hydrogen-bond donors (Lipinski definition) is 2. The summed E-state index contributed by atoms with van der Waals surface area (Å²) in [5.74, 6) is 0. The van der Waals surface area contributed by atoms with E-state index < -0.39 is 16.0 Å². The summed E-state index contributed by atoms with van der Waals surface area (Å²) in [5, 5.41) is 11.0. The van der Waals surface area contributed by atoms with E-state index in [1.165, 1.54) is 12.1 Å². The number of aromatic nitrogens is 4. The van der Waals surface area contributed by atoms with Crippen molar-refractivity contribution >= 4 is 60.7 Å². The lowest BCUT2D eigenvalue weighted by molar-refractivity contribution is -0.384. The van der Waals surface area contributed by atoms with Gasteiger partial charge >= 0.3 is 11.1 Å². The minimum atomic E-state index is -0.743. The number of benzene rings is 2. The Morgan fingerprint density at radius 3 is 2.63 bits per heavy atom. The van der Waals surface area contributed by atoms with Crippen LogP contribution in [0.1, 0.15) is 5.56 Å². The largest absolute Gasteiger partial charge is 0.326 e. The molecule has 11 heteroatoms. The molecule has 0 fully saturated rings. The SMILES string of the molecule is Br.O=c1[nH]c2cc(Br)cc(Cn3cnc4ccc([N+](=O)[O-])cc43)c2[nH]c1=O. The fraction of sp³-hybridized carbons (Fsp3) is 0.0625. The van der Waals surface area contributed by atoms with Gasteiger partial charge in [-0.3, -0.25) is 19.7 Å². The van der Waals surface area contributed by atoms with Gasteiger partial charge in [0.05, 0.1) is 39.9 Å². The zero-order chi connectivity index (χ0) is 18.4.